The van der Waals surface area contributed by atoms with Crippen molar-refractivity contribution >= 4 is 29.4 Å². The number of rotatable bonds is 4. The van der Waals surface area contributed by atoms with Crippen molar-refractivity contribution in [3.63, 3.8) is 0 Å². The van der Waals surface area contributed by atoms with Crippen LogP contribution in [-0.4, -0.2) is 66.9 Å². The molecule has 1 aliphatic heterocycles. The van der Waals surface area contributed by atoms with Gasteiger partial charge in [-0.1, -0.05) is 29.8 Å². The fourth-order valence-electron chi connectivity index (χ4n) is 2.72. The number of carbonyl (C=O) groups excluding carboxylic acids is 3. The highest BCUT2D eigenvalue weighted by atomic mass is 35.5. The first-order chi connectivity index (χ1) is 11.9. The van der Waals surface area contributed by atoms with Crippen LogP contribution < -0.4 is 10.6 Å². The molecule has 0 spiro atoms. The third-order valence-electron chi connectivity index (χ3n) is 4.36. The van der Waals surface area contributed by atoms with E-state index in [1.54, 1.807) is 17.9 Å². The highest BCUT2D eigenvalue weighted by molar-refractivity contribution is 6.31. The first-order valence-corrected chi connectivity index (χ1v) is 8.58. The van der Waals surface area contributed by atoms with Crippen LogP contribution in [0, 0.1) is 0 Å². The molecule has 7 nitrogen and oxygen atoms in total. The molecule has 0 bridgehead atoms. The number of hydrogen-bond donors (Lipinski definition) is 2. The van der Waals surface area contributed by atoms with Gasteiger partial charge in [-0.25, -0.2) is 4.79 Å². The molecule has 1 heterocycles. The first-order valence-electron chi connectivity index (χ1n) is 8.20. The van der Waals surface area contributed by atoms with E-state index in [0.717, 1.165) is 5.56 Å². The molecule has 136 valence electrons. The lowest BCUT2D eigenvalue weighted by atomic mass is 10.1. The van der Waals surface area contributed by atoms with Gasteiger partial charge in [-0.3, -0.25) is 19.8 Å². The van der Waals surface area contributed by atoms with Crippen molar-refractivity contribution in [2.75, 3.05) is 33.2 Å². The van der Waals surface area contributed by atoms with E-state index in [1.165, 1.54) is 7.05 Å². The standard InChI is InChI=1S/C17H23ClN4O3/c1-12(16(24)20-17(25)19-2)21-7-9-22(10-8-21)15(23)11-13-5-3-4-6-14(13)18/h3-6,12H,7-11H2,1-2H3,(H2,19,20,24,25)/t12-/m1/s1. The molecule has 8 heteroatoms. The highest BCUT2D eigenvalue weighted by Crippen LogP contribution is 2.17. The van der Waals surface area contributed by atoms with E-state index in [4.69, 9.17) is 11.6 Å². The number of imide groups is 1. The maximum atomic E-state index is 12.4. The number of nitrogens with zero attached hydrogens (tertiary/aromatic N) is 2. The summed E-state index contributed by atoms with van der Waals surface area (Å²) in [5.74, 6) is -0.328. The largest absolute Gasteiger partial charge is 0.341 e. The van der Waals surface area contributed by atoms with Gasteiger partial charge >= 0.3 is 6.03 Å². The SMILES string of the molecule is CNC(=O)NC(=O)[C@@H](C)N1CCN(C(=O)Cc2ccccc2Cl)CC1. The molecule has 4 amide bonds. The van der Waals surface area contributed by atoms with Crippen LogP contribution in [0.2, 0.25) is 5.02 Å². The lowest BCUT2D eigenvalue weighted by Gasteiger charge is -2.37. The van der Waals surface area contributed by atoms with Gasteiger partial charge in [0.1, 0.15) is 0 Å². The van der Waals surface area contributed by atoms with Crippen molar-refractivity contribution in [1.82, 2.24) is 20.4 Å². The summed E-state index contributed by atoms with van der Waals surface area (Å²) in [6, 6.07) is 6.36. The Bertz CT molecular complexity index is 645. The van der Waals surface area contributed by atoms with Gasteiger partial charge in [-0.2, -0.15) is 0 Å². The highest BCUT2D eigenvalue weighted by Gasteiger charge is 2.28. The van der Waals surface area contributed by atoms with Crippen molar-refractivity contribution in [3.05, 3.63) is 34.9 Å². The summed E-state index contributed by atoms with van der Waals surface area (Å²) in [4.78, 5) is 39.4. The molecule has 0 unspecified atom stereocenters. The predicted octanol–water partition coefficient (Wildman–Crippen LogP) is 0.871. The van der Waals surface area contributed by atoms with Crippen LogP contribution in [0.25, 0.3) is 0 Å². The molecule has 1 aromatic carbocycles. The number of benzene rings is 1. The quantitative estimate of drug-likeness (QED) is 0.828. The lowest BCUT2D eigenvalue weighted by molar-refractivity contribution is -0.133. The second-order valence-electron chi connectivity index (χ2n) is 5.93. The zero-order chi connectivity index (χ0) is 18.4. The van der Waals surface area contributed by atoms with Crippen LogP contribution >= 0.6 is 11.6 Å². The number of hydrogen-bond acceptors (Lipinski definition) is 4. The molecule has 0 saturated carbocycles. The van der Waals surface area contributed by atoms with Crippen LogP contribution in [0.1, 0.15) is 12.5 Å². The molecule has 0 aliphatic carbocycles. The number of carbonyl (C=O) groups is 3. The minimum absolute atomic E-state index is 0.0233. The van der Waals surface area contributed by atoms with Gasteiger partial charge in [-0.15, -0.1) is 0 Å². The van der Waals surface area contributed by atoms with Crippen LogP contribution in [-0.2, 0) is 16.0 Å². The normalized spacial score (nSPS) is 16.2. The van der Waals surface area contributed by atoms with Crippen molar-refractivity contribution in [2.24, 2.45) is 0 Å². The van der Waals surface area contributed by atoms with Gasteiger partial charge in [0, 0.05) is 38.2 Å². The molecule has 2 rings (SSSR count). The van der Waals surface area contributed by atoms with Crippen LogP contribution in [0.3, 0.4) is 0 Å². The maximum Gasteiger partial charge on any atom is 0.321 e. The van der Waals surface area contributed by atoms with E-state index in [-0.39, 0.29) is 18.2 Å². The van der Waals surface area contributed by atoms with Crippen molar-refractivity contribution in [3.8, 4) is 0 Å². The summed E-state index contributed by atoms with van der Waals surface area (Å²) in [7, 11) is 1.46. The second-order valence-corrected chi connectivity index (χ2v) is 6.34. The number of piperazine rings is 1. The Labute approximate surface area is 152 Å². The minimum atomic E-state index is -0.523. The molecule has 2 N–H and O–H groups in total. The minimum Gasteiger partial charge on any atom is -0.341 e. The van der Waals surface area contributed by atoms with Gasteiger partial charge in [0.05, 0.1) is 12.5 Å². The number of halogens is 1. The molecule has 1 aromatic rings. The topological polar surface area (TPSA) is 81.8 Å². The molecular formula is C17H23ClN4O3. The monoisotopic (exact) mass is 366 g/mol. The van der Waals surface area contributed by atoms with E-state index < -0.39 is 12.1 Å². The third-order valence-corrected chi connectivity index (χ3v) is 4.73. The number of nitrogens with one attached hydrogen (secondary N) is 2. The molecule has 1 aliphatic rings. The van der Waals surface area contributed by atoms with Crippen LogP contribution in [0.15, 0.2) is 24.3 Å². The maximum absolute atomic E-state index is 12.4. The molecule has 1 fully saturated rings. The lowest BCUT2D eigenvalue weighted by Crippen LogP contribution is -2.56. The van der Waals surface area contributed by atoms with Crippen molar-refractivity contribution in [2.45, 2.75) is 19.4 Å². The Balaban J connectivity index is 1.84. The molecule has 1 saturated heterocycles. The van der Waals surface area contributed by atoms with Gasteiger partial charge in [-0.05, 0) is 18.6 Å². The van der Waals surface area contributed by atoms with Crippen molar-refractivity contribution < 1.29 is 14.4 Å². The zero-order valence-electron chi connectivity index (χ0n) is 14.4. The van der Waals surface area contributed by atoms with Gasteiger partial charge in [0.2, 0.25) is 11.8 Å². The summed E-state index contributed by atoms with van der Waals surface area (Å²) >= 11 is 6.10. The number of urea groups is 1. The fraction of sp³-hybridized carbons (Fsp3) is 0.471. The molecule has 25 heavy (non-hydrogen) atoms. The molecule has 1 atom stereocenters. The third kappa shape index (κ3) is 5.17. The van der Waals surface area contributed by atoms with Crippen molar-refractivity contribution in [1.29, 1.82) is 0 Å². The Morgan fingerprint density at radius 1 is 1.16 bits per heavy atom. The van der Waals surface area contributed by atoms with E-state index in [1.807, 2.05) is 23.1 Å². The van der Waals surface area contributed by atoms with Crippen LogP contribution in [0.5, 0.6) is 0 Å². The second kappa shape index (κ2) is 8.82. The molecule has 0 radical (unpaired) electrons. The Hall–Kier alpha value is -2.12. The van der Waals surface area contributed by atoms with E-state index in [2.05, 4.69) is 10.6 Å². The summed E-state index contributed by atoms with van der Waals surface area (Å²) in [5.41, 5.74) is 0.815. The predicted molar refractivity (Wildman–Crippen MR) is 95.4 cm³/mol. The Morgan fingerprint density at radius 2 is 1.80 bits per heavy atom. The Morgan fingerprint density at radius 3 is 2.40 bits per heavy atom. The van der Waals surface area contributed by atoms with Crippen LogP contribution in [0.4, 0.5) is 4.79 Å². The summed E-state index contributed by atoms with van der Waals surface area (Å²) in [5, 5.41) is 5.22. The van der Waals surface area contributed by atoms with E-state index in [0.29, 0.717) is 31.2 Å². The smallest absolute Gasteiger partial charge is 0.321 e. The first kappa shape index (κ1) is 19.2. The van der Waals surface area contributed by atoms with Gasteiger partial charge in [0.15, 0.2) is 0 Å². The summed E-state index contributed by atoms with van der Waals surface area (Å²) in [6.07, 6.45) is 0.270. The summed E-state index contributed by atoms with van der Waals surface area (Å²) < 4.78 is 0. The van der Waals surface area contributed by atoms with Gasteiger partial charge in [0.25, 0.3) is 0 Å². The zero-order valence-corrected chi connectivity index (χ0v) is 15.2. The number of amides is 4. The summed E-state index contributed by atoms with van der Waals surface area (Å²) in [6.45, 7) is 3.99. The average Bonchev–Trinajstić information content (AvgIpc) is 2.62. The fourth-order valence-corrected chi connectivity index (χ4v) is 2.92. The Kier molecular flexibility index (Phi) is 6.78. The van der Waals surface area contributed by atoms with Gasteiger partial charge < -0.3 is 10.2 Å². The molecular weight excluding hydrogens is 344 g/mol. The average molecular weight is 367 g/mol. The molecule has 0 aromatic heterocycles. The van der Waals surface area contributed by atoms with E-state index >= 15 is 0 Å². The van der Waals surface area contributed by atoms with E-state index in [9.17, 15) is 14.4 Å².